The number of halogens is 2. The summed E-state index contributed by atoms with van der Waals surface area (Å²) in [5.74, 6) is -1.54. The average molecular weight is 524 g/mol. The highest BCUT2D eigenvalue weighted by Gasteiger charge is 2.30. The van der Waals surface area contributed by atoms with E-state index in [2.05, 4.69) is 5.32 Å². The summed E-state index contributed by atoms with van der Waals surface area (Å²) in [5, 5.41) is 7.88. The third-order valence-electron chi connectivity index (χ3n) is 5.79. The molecule has 4 aromatic rings. The lowest BCUT2D eigenvalue weighted by Gasteiger charge is -2.16. The number of nitrogens with zero attached hydrogens (tertiary/aromatic N) is 1. The van der Waals surface area contributed by atoms with Gasteiger partial charge in [0.2, 0.25) is 10.0 Å². The molecule has 0 aliphatic heterocycles. The van der Waals surface area contributed by atoms with Crippen molar-refractivity contribution in [1.29, 1.82) is 0 Å². The molecular formula is C27H23F2N3O4S. The number of anilines is 1. The van der Waals surface area contributed by atoms with E-state index >= 15 is 0 Å². The van der Waals surface area contributed by atoms with Crippen molar-refractivity contribution in [3.8, 4) is 22.3 Å². The number of aldehydes is 1. The molecule has 1 amide bonds. The molecule has 3 N–H and O–H groups in total. The minimum atomic E-state index is -3.92. The molecule has 0 saturated carbocycles. The van der Waals surface area contributed by atoms with Crippen LogP contribution in [0.1, 0.15) is 40.9 Å². The minimum Gasteiger partial charge on any atom is -0.331 e. The van der Waals surface area contributed by atoms with Gasteiger partial charge >= 0.3 is 0 Å². The van der Waals surface area contributed by atoms with Crippen molar-refractivity contribution in [2.45, 2.75) is 24.8 Å². The van der Waals surface area contributed by atoms with Gasteiger partial charge in [0.1, 0.15) is 17.3 Å². The topological polar surface area (TPSA) is 111 Å². The smallest absolute Gasteiger partial charge is 0.272 e. The average Bonchev–Trinajstić information content (AvgIpc) is 3.20. The highest BCUT2D eigenvalue weighted by molar-refractivity contribution is 7.89. The molecule has 0 fully saturated rings. The lowest BCUT2D eigenvalue weighted by molar-refractivity contribution is 0.101. The maximum absolute atomic E-state index is 13.8. The summed E-state index contributed by atoms with van der Waals surface area (Å²) < 4.78 is 52.2. The van der Waals surface area contributed by atoms with E-state index < -0.39 is 27.6 Å². The first-order valence-electron chi connectivity index (χ1n) is 11.2. The molecule has 37 heavy (non-hydrogen) atoms. The maximum Gasteiger partial charge on any atom is 0.272 e. The Morgan fingerprint density at radius 1 is 0.865 bits per heavy atom. The summed E-state index contributed by atoms with van der Waals surface area (Å²) in [5.41, 5.74) is 2.32. The fourth-order valence-electron chi connectivity index (χ4n) is 4.21. The van der Waals surface area contributed by atoms with Crippen LogP contribution in [-0.2, 0) is 10.0 Å². The molecule has 0 unspecified atom stereocenters. The number of benzene rings is 3. The number of sulfonamides is 1. The van der Waals surface area contributed by atoms with Crippen LogP contribution in [0, 0.1) is 11.6 Å². The number of carbonyl (C=O) groups is 2. The number of amides is 1. The van der Waals surface area contributed by atoms with Gasteiger partial charge in [-0.25, -0.2) is 22.3 Å². The summed E-state index contributed by atoms with van der Waals surface area (Å²) in [7, 11) is -3.92. The van der Waals surface area contributed by atoms with Crippen LogP contribution in [0.5, 0.6) is 0 Å². The molecule has 0 saturated heterocycles. The molecule has 10 heteroatoms. The molecular weight excluding hydrogens is 500 g/mol. The molecule has 3 aromatic carbocycles. The summed E-state index contributed by atoms with van der Waals surface area (Å²) in [6.07, 6.45) is 0.628. The van der Waals surface area contributed by atoms with Gasteiger partial charge in [-0.2, -0.15) is 0 Å². The molecule has 0 atom stereocenters. The monoisotopic (exact) mass is 523 g/mol. The van der Waals surface area contributed by atoms with Crippen molar-refractivity contribution in [3.63, 3.8) is 0 Å². The van der Waals surface area contributed by atoms with E-state index in [1.165, 1.54) is 72.8 Å². The molecule has 0 aliphatic rings. The summed E-state index contributed by atoms with van der Waals surface area (Å²) in [4.78, 5) is 26.0. The predicted molar refractivity (Wildman–Crippen MR) is 137 cm³/mol. The Balaban J connectivity index is 1.96. The van der Waals surface area contributed by atoms with Gasteiger partial charge < -0.3 is 9.88 Å². The standard InChI is InChI=1S/C27H23F2N3O4S/c1-16(2)32-23(15-33)24(17-3-7-19(28)8-4-17)25(18-5-9-20(29)10-6-18)26(32)27(34)31-21-11-13-22(14-12-21)37(30,35)36/h3-16H,1-2H3,(H,31,34)(H2,30,35,36). The van der Waals surface area contributed by atoms with Crippen molar-refractivity contribution < 1.29 is 26.8 Å². The number of nitrogens with one attached hydrogen (secondary N) is 1. The Morgan fingerprint density at radius 2 is 1.35 bits per heavy atom. The van der Waals surface area contributed by atoms with Crippen LogP contribution in [-0.4, -0.2) is 25.2 Å². The normalized spacial score (nSPS) is 11.5. The number of nitrogens with two attached hydrogens (primary N) is 1. The Bertz CT molecular complexity index is 1580. The third kappa shape index (κ3) is 5.20. The van der Waals surface area contributed by atoms with Gasteiger partial charge in [0.25, 0.3) is 5.91 Å². The molecule has 0 radical (unpaired) electrons. The van der Waals surface area contributed by atoms with Crippen molar-refractivity contribution in [2.24, 2.45) is 5.14 Å². The van der Waals surface area contributed by atoms with Gasteiger partial charge in [-0.15, -0.1) is 0 Å². The van der Waals surface area contributed by atoms with Crippen LogP contribution in [0.15, 0.2) is 77.7 Å². The first-order chi connectivity index (χ1) is 17.5. The zero-order valence-corrected chi connectivity index (χ0v) is 20.7. The second-order valence-electron chi connectivity index (χ2n) is 8.60. The summed E-state index contributed by atoms with van der Waals surface area (Å²) in [6.45, 7) is 3.60. The fraction of sp³-hybridized carbons (Fsp3) is 0.111. The van der Waals surface area contributed by atoms with Crippen LogP contribution >= 0.6 is 0 Å². The van der Waals surface area contributed by atoms with E-state index in [9.17, 15) is 26.8 Å². The van der Waals surface area contributed by atoms with Gasteiger partial charge in [0.15, 0.2) is 6.29 Å². The van der Waals surface area contributed by atoms with E-state index in [-0.39, 0.29) is 28.0 Å². The summed E-state index contributed by atoms with van der Waals surface area (Å²) in [6, 6.07) is 15.9. The number of aromatic nitrogens is 1. The fourth-order valence-corrected chi connectivity index (χ4v) is 4.72. The molecule has 0 spiro atoms. The van der Waals surface area contributed by atoms with E-state index in [0.717, 1.165) is 0 Å². The van der Waals surface area contributed by atoms with Gasteiger partial charge in [0.05, 0.1) is 10.6 Å². The zero-order valence-electron chi connectivity index (χ0n) is 19.9. The number of hydrogen-bond acceptors (Lipinski definition) is 4. The Hall–Kier alpha value is -4.15. The third-order valence-corrected chi connectivity index (χ3v) is 6.72. The molecule has 7 nitrogen and oxygen atoms in total. The highest BCUT2D eigenvalue weighted by Crippen LogP contribution is 2.41. The Labute approximate surface area is 212 Å². The second kappa shape index (κ2) is 10.1. The molecule has 0 aliphatic carbocycles. The van der Waals surface area contributed by atoms with E-state index in [0.29, 0.717) is 28.5 Å². The summed E-state index contributed by atoms with van der Waals surface area (Å²) >= 11 is 0. The molecule has 4 rings (SSSR count). The second-order valence-corrected chi connectivity index (χ2v) is 10.2. The van der Waals surface area contributed by atoms with Crippen LogP contribution in [0.4, 0.5) is 14.5 Å². The van der Waals surface area contributed by atoms with Gasteiger partial charge in [0, 0.05) is 22.9 Å². The van der Waals surface area contributed by atoms with Crippen LogP contribution in [0.2, 0.25) is 0 Å². The molecule has 190 valence electrons. The van der Waals surface area contributed by atoms with Crippen molar-refractivity contribution in [3.05, 3.63) is 95.8 Å². The number of rotatable bonds is 7. The minimum absolute atomic E-state index is 0.120. The SMILES string of the molecule is CC(C)n1c(C=O)c(-c2ccc(F)cc2)c(-c2ccc(F)cc2)c1C(=O)Nc1ccc(S(N)(=O)=O)cc1. The van der Waals surface area contributed by atoms with Gasteiger partial charge in [-0.3, -0.25) is 9.59 Å². The zero-order chi connectivity index (χ0) is 26.9. The van der Waals surface area contributed by atoms with Crippen LogP contribution in [0.3, 0.4) is 0 Å². The molecule has 0 bridgehead atoms. The van der Waals surface area contributed by atoms with Crippen LogP contribution in [0.25, 0.3) is 22.3 Å². The van der Waals surface area contributed by atoms with E-state index in [1.54, 1.807) is 18.4 Å². The number of carbonyl (C=O) groups excluding carboxylic acids is 2. The number of hydrogen-bond donors (Lipinski definition) is 2. The van der Waals surface area contributed by atoms with Crippen molar-refractivity contribution in [2.75, 3.05) is 5.32 Å². The van der Waals surface area contributed by atoms with Gasteiger partial charge in [-0.05, 0) is 73.5 Å². The van der Waals surface area contributed by atoms with Crippen molar-refractivity contribution in [1.82, 2.24) is 4.57 Å². The van der Waals surface area contributed by atoms with Crippen molar-refractivity contribution >= 4 is 27.9 Å². The van der Waals surface area contributed by atoms with Gasteiger partial charge in [-0.1, -0.05) is 24.3 Å². The van der Waals surface area contributed by atoms with Crippen LogP contribution < -0.4 is 10.5 Å². The predicted octanol–water partition coefficient (Wildman–Crippen LogP) is 5.39. The number of primary sulfonamides is 1. The first-order valence-corrected chi connectivity index (χ1v) is 12.8. The lowest BCUT2D eigenvalue weighted by atomic mass is 9.94. The quantitative estimate of drug-likeness (QED) is 0.316. The van der Waals surface area contributed by atoms with E-state index in [4.69, 9.17) is 5.14 Å². The Morgan fingerprint density at radius 3 is 1.78 bits per heavy atom. The maximum atomic E-state index is 13.8. The molecule has 1 aromatic heterocycles. The van der Waals surface area contributed by atoms with E-state index in [1.807, 2.05) is 0 Å². The first kappa shape index (κ1) is 25.9. The molecule has 1 heterocycles. The largest absolute Gasteiger partial charge is 0.331 e. The highest BCUT2D eigenvalue weighted by atomic mass is 32.2. The lowest BCUT2D eigenvalue weighted by Crippen LogP contribution is -2.20. The Kier molecular flexibility index (Phi) is 7.06.